The molecule has 88 valence electrons. The van der Waals surface area contributed by atoms with Crippen LogP contribution in [0.2, 0.25) is 0 Å². The number of nitrogens with one attached hydrogen (secondary N) is 1. The lowest BCUT2D eigenvalue weighted by atomic mass is 9.80. The first kappa shape index (κ1) is 11.4. The first-order valence-electron chi connectivity index (χ1n) is 6.71. The molecule has 0 heterocycles. The summed E-state index contributed by atoms with van der Waals surface area (Å²) in [6, 6.07) is 0.765. The molecule has 0 spiro atoms. The largest absolute Gasteiger partial charge is 0.393 e. The van der Waals surface area contributed by atoms with E-state index >= 15 is 0 Å². The highest BCUT2D eigenvalue weighted by Crippen LogP contribution is 2.29. The molecule has 2 N–H and O–H groups in total. The molecule has 0 saturated heterocycles. The van der Waals surface area contributed by atoms with Gasteiger partial charge >= 0.3 is 0 Å². The highest BCUT2D eigenvalue weighted by Gasteiger charge is 2.29. The Hall–Kier alpha value is -0.0800. The van der Waals surface area contributed by atoms with Crippen LogP contribution in [-0.2, 0) is 0 Å². The van der Waals surface area contributed by atoms with Gasteiger partial charge in [0.2, 0.25) is 0 Å². The van der Waals surface area contributed by atoms with E-state index in [-0.39, 0.29) is 6.10 Å². The number of hydrogen-bond acceptors (Lipinski definition) is 2. The number of aliphatic hydroxyl groups is 1. The third-order valence-corrected chi connectivity index (χ3v) is 4.31. The third-order valence-electron chi connectivity index (χ3n) is 4.31. The van der Waals surface area contributed by atoms with Gasteiger partial charge in [-0.25, -0.2) is 0 Å². The zero-order valence-electron chi connectivity index (χ0n) is 9.91. The molecule has 0 aromatic carbocycles. The molecule has 2 aliphatic rings. The fourth-order valence-electron chi connectivity index (χ4n) is 3.15. The minimum Gasteiger partial charge on any atom is -0.393 e. The lowest BCUT2D eigenvalue weighted by Gasteiger charge is -2.36. The van der Waals surface area contributed by atoms with E-state index in [1.807, 2.05) is 0 Å². The topological polar surface area (TPSA) is 32.3 Å². The first-order chi connectivity index (χ1) is 7.29. The van der Waals surface area contributed by atoms with Crippen LogP contribution in [0.1, 0.15) is 51.9 Å². The summed E-state index contributed by atoms with van der Waals surface area (Å²) in [6.45, 7) is 3.45. The molecule has 0 aliphatic heterocycles. The summed E-state index contributed by atoms with van der Waals surface area (Å²) in [5.41, 5.74) is 0. The fourth-order valence-corrected chi connectivity index (χ4v) is 3.15. The van der Waals surface area contributed by atoms with Gasteiger partial charge in [0.1, 0.15) is 0 Å². The van der Waals surface area contributed by atoms with Crippen molar-refractivity contribution in [2.45, 2.75) is 64.0 Å². The van der Waals surface area contributed by atoms with Crippen molar-refractivity contribution in [2.24, 2.45) is 11.8 Å². The Morgan fingerprint density at radius 1 is 1.20 bits per heavy atom. The van der Waals surface area contributed by atoms with Crippen LogP contribution in [-0.4, -0.2) is 23.8 Å². The lowest BCUT2D eigenvalue weighted by Crippen LogP contribution is -2.44. The molecule has 0 radical (unpaired) electrons. The second kappa shape index (κ2) is 5.31. The van der Waals surface area contributed by atoms with Crippen molar-refractivity contribution in [3.63, 3.8) is 0 Å². The van der Waals surface area contributed by atoms with Crippen molar-refractivity contribution in [1.29, 1.82) is 0 Å². The molecule has 2 atom stereocenters. The molecular weight excluding hydrogens is 186 g/mol. The van der Waals surface area contributed by atoms with Gasteiger partial charge < -0.3 is 10.4 Å². The Kier molecular flexibility index (Phi) is 4.04. The molecule has 2 rings (SSSR count). The maximum atomic E-state index is 9.23. The van der Waals surface area contributed by atoms with Crippen LogP contribution in [0.3, 0.4) is 0 Å². The Labute approximate surface area is 93.5 Å². The van der Waals surface area contributed by atoms with E-state index in [4.69, 9.17) is 0 Å². The van der Waals surface area contributed by atoms with Crippen LogP contribution in [0.5, 0.6) is 0 Å². The standard InChI is InChI=1S/C13H25NO/c1-2-11-5-3-4-6-13(11)14-9-10-7-12(15)8-10/h10-15H,2-9H2,1H3. The maximum Gasteiger partial charge on any atom is 0.0546 e. The average molecular weight is 211 g/mol. The van der Waals surface area contributed by atoms with E-state index in [9.17, 15) is 5.11 Å². The normalized spacial score (nSPS) is 41.2. The van der Waals surface area contributed by atoms with Crippen molar-refractivity contribution in [3.05, 3.63) is 0 Å². The molecule has 2 aliphatic carbocycles. The summed E-state index contributed by atoms with van der Waals surface area (Å²) in [5.74, 6) is 1.66. The van der Waals surface area contributed by atoms with E-state index in [1.54, 1.807) is 0 Å². The highest BCUT2D eigenvalue weighted by atomic mass is 16.3. The molecule has 0 bridgehead atoms. The molecule has 2 nitrogen and oxygen atoms in total. The Morgan fingerprint density at radius 3 is 2.60 bits per heavy atom. The predicted molar refractivity (Wildman–Crippen MR) is 62.8 cm³/mol. The molecule has 2 saturated carbocycles. The van der Waals surface area contributed by atoms with Gasteiger partial charge in [-0.2, -0.15) is 0 Å². The lowest BCUT2D eigenvalue weighted by molar-refractivity contribution is 0.0398. The van der Waals surface area contributed by atoms with Gasteiger partial charge in [-0.3, -0.25) is 0 Å². The molecule has 2 fully saturated rings. The van der Waals surface area contributed by atoms with Crippen molar-refractivity contribution >= 4 is 0 Å². The Morgan fingerprint density at radius 2 is 1.93 bits per heavy atom. The Balaban J connectivity index is 1.68. The van der Waals surface area contributed by atoms with Crippen molar-refractivity contribution in [1.82, 2.24) is 5.32 Å². The van der Waals surface area contributed by atoms with Gasteiger partial charge in [0, 0.05) is 6.04 Å². The second-order valence-electron chi connectivity index (χ2n) is 5.46. The molecule has 0 aromatic rings. The van der Waals surface area contributed by atoms with Crippen LogP contribution in [0.15, 0.2) is 0 Å². The monoisotopic (exact) mass is 211 g/mol. The van der Waals surface area contributed by atoms with E-state index in [1.165, 1.54) is 32.1 Å². The zero-order valence-corrected chi connectivity index (χ0v) is 9.91. The SMILES string of the molecule is CCC1CCCCC1NCC1CC(O)C1. The van der Waals surface area contributed by atoms with E-state index in [0.717, 1.165) is 37.3 Å². The smallest absolute Gasteiger partial charge is 0.0546 e. The van der Waals surface area contributed by atoms with E-state index in [0.29, 0.717) is 0 Å². The number of rotatable bonds is 4. The molecule has 2 heteroatoms. The van der Waals surface area contributed by atoms with Crippen molar-refractivity contribution in [3.8, 4) is 0 Å². The molecular formula is C13H25NO. The average Bonchev–Trinajstić information content (AvgIpc) is 2.23. The number of hydrogen-bond donors (Lipinski definition) is 2. The van der Waals surface area contributed by atoms with Crippen LogP contribution >= 0.6 is 0 Å². The quantitative estimate of drug-likeness (QED) is 0.748. The van der Waals surface area contributed by atoms with Gasteiger partial charge in [-0.05, 0) is 44.1 Å². The summed E-state index contributed by atoms with van der Waals surface area (Å²) in [5, 5.41) is 13.0. The summed E-state index contributed by atoms with van der Waals surface area (Å²) >= 11 is 0. The van der Waals surface area contributed by atoms with Crippen LogP contribution < -0.4 is 5.32 Å². The van der Waals surface area contributed by atoms with Gasteiger partial charge in [0.25, 0.3) is 0 Å². The van der Waals surface area contributed by atoms with E-state index in [2.05, 4.69) is 12.2 Å². The van der Waals surface area contributed by atoms with Gasteiger partial charge in [-0.1, -0.05) is 26.2 Å². The minimum absolute atomic E-state index is 0.00475. The third kappa shape index (κ3) is 2.94. The van der Waals surface area contributed by atoms with Crippen LogP contribution in [0.4, 0.5) is 0 Å². The van der Waals surface area contributed by atoms with Crippen LogP contribution in [0, 0.1) is 11.8 Å². The predicted octanol–water partition coefficient (Wildman–Crippen LogP) is 2.32. The molecule has 0 amide bonds. The molecule has 2 unspecified atom stereocenters. The Bertz CT molecular complexity index is 189. The maximum absolute atomic E-state index is 9.23. The molecule has 0 aromatic heterocycles. The highest BCUT2D eigenvalue weighted by molar-refractivity contribution is 4.85. The summed E-state index contributed by atoms with van der Waals surface area (Å²) < 4.78 is 0. The summed E-state index contributed by atoms with van der Waals surface area (Å²) in [7, 11) is 0. The number of aliphatic hydroxyl groups excluding tert-OH is 1. The van der Waals surface area contributed by atoms with Gasteiger partial charge in [-0.15, -0.1) is 0 Å². The van der Waals surface area contributed by atoms with Crippen molar-refractivity contribution < 1.29 is 5.11 Å². The minimum atomic E-state index is 0.00475. The second-order valence-corrected chi connectivity index (χ2v) is 5.46. The fraction of sp³-hybridized carbons (Fsp3) is 1.00. The summed E-state index contributed by atoms with van der Waals surface area (Å²) in [4.78, 5) is 0. The van der Waals surface area contributed by atoms with E-state index < -0.39 is 0 Å². The van der Waals surface area contributed by atoms with Gasteiger partial charge in [0.15, 0.2) is 0 Å². The van der Waals surface area contributed by atoms with Crippen LogP contribution in [0.25, 0.3) is 0 Å². The first-order valence-corrected chi connectivity index (χ1v) is 6.71. The zero-order chi connectivity index (χ0) is 10.7. The van der Waals surface area contributed by atoms with Gasteiger partial charge in [0.05, 0.1) is 6.10 Å². The van der Waals surface area contributed by atoms with Crippen molar-refractivity contribution in [2.75, 3.05) is 6.54 Å². The summed E-state index contributed by atoms with van der Waals surface area (Å²) in [6.07, 6.45) is 9.00. The molecule has 15 heavy (non-hydrogen) atoms.